The maximum atomic E-state index is 13.1. The highest BCUT2D eigenvalue weighted by Crippen LogP contribution is 2.23. The van der Waals surface area contributed by atoms with Crippen molar-refractivity contribution >= 4 is 26.8 Å². The van der Waals surface area contributed by atoms with Gasteiger partial charge in [-0.1, -0.05) is 0 Å². The zero-order valence-electron chi connectivity index (χ0n) is 16.9. The number of ether oxygens (including phenoxy) is 1. The number of piperazine rings is 1. The van der Waals surface area contributed by atoms with Crippen molar-refractivity contribution in [3.05, 3.63) is 28.0 Å². The van der Waals surface area contributed by atoms with Crippen LogP contribution in [0.4, 0.5) is 0 Å². The summed E-state index contributed by atoms with van der Waals surface area (Å²) in [5.74, 6) is 0.185. The van der Waals surface area contributed by atoms with E-state index in [0.717, 1.165) is 0 Å². The number of hydrogen-bond donors (Lipinski definition) is 0. The molecule has 0 aromatic carbocycles. The molecule has 29 heavy (non-hydrogen) atoms. The number of sulfone groups is 1. The van der Waals surface area contributed by atoms with Crippen LogP contribution in [0.25, 0.3) is 11.1 Å². The number of amides is 1. The molecule has 0 radical (unpaired) electrons. The van der Waals surface area contributed by atoms with Crippen LogP contribution < -0.4 is 5.56 Å². The third-order valence-corrected chi connectivity index (χ3v) is 5.97. The van der Waals surface area contributed by atoms with Gasteiger partial charge in [-0.25, -0.2) is 13.4 Å². The molecule has 160 valence electrons. The summed E-state index contributed by atoms with van der Waals surface area (Å²) in [6.07, 6.45) is 2.61. The molecule has 0 bridgehead atoms. The van der Waals surface area contributed by atoms with E-state index < -0.39 is 9.84 Å². The van der Waals surface area contributed by atoms with Crippen LogP contribution in [0.15, 0.2) is 15.5 Å². The molecule has 1 saturated heterocycles. The van der Waals surface area contributed by atoms with E-state index in [1.807, 2.05) is 4.90 Å². The minimum Gasteiger partial charge on any atom is -0.442 e. The zero-order valence-corrected chi connectivity index (χ0v) is 17.7. The van der Waals surface area contributed by atoms with Crippen LogP contribution in [0, 0.1) is 6.92 Å². The topological polar surface area (TPSA) is 115 Å². The fourth-order valence-corrected chi connectivity index (χ4v) is 3.96. The Bertz CT molecular complexity index is 1050. The van der Waals surface area contributed by atoms with E-state index in [1.54, 1.807) is 18.9 Å². The van der Waals surface area contributed by atoms with Crippen LogP contribution in [0.1, 0.15) is 16.1 Å². The minimum atomic E-state index is -3.02. The number of furan rings is 1. The number of carbonyl (C=O) groups excluding carboxylic acids is 1. The SMILES string of the molecule is COCCn1cnc2oc(C)c(C(=O)N3CCN(CCS(C)(=O)=O)CC3)c2c1=O. The summed E-state index contributed by atoms with van der Waals surface area (Å²) in [5.41, 5.74) is 0.0594. The summed E-state index contributed by atoms with van der Waals surface area (Å²) in [6, 6.07) is 0. The molecular formula is C18H26N4O6S. The molecule has 11 heteroatoms. The summed E-state index contributed by atoms with van der Waals surface area (Å²) < 4.78 is 34.7. The van der Waals surface area contributed by atoms with Crippen molar-refractivity contribution in [3.63, 3.8) is 0 Å². The Morgan fingerprint density at radius 1 is 1.24 bits per heavy atom. The van der Waals surface area contributed by atoms with E-state index >= 15 is 0 Å². The third-order valence-electron chi connectivity index (χ3n) is 5.04. The molecule has 0 N–H and O–H groups in total. The highest BCUT2D eigenvalue weighted by molar-refractivity contribution is 7.90. The van der Waals surface area contributed by atoms with Gasteiger partial charge in [0, 0.05) is 46.1 Å². The molecule has 0 unspecified atom stereocenters. The number of fused-ring (bicyclic) bond motifs is 1. The second-order valence-corrected chi connectivity index (χ2v) is 9.47. The van der Waals surface area contributed by atoms with Gasteiger partial charge in [0.15, 0.2) is 0 Å². The number of aromatic nitrogens is 2. The first-order chi connectivity index (χ1) is 13.7. The summed E-state index contributed by atoms with van der Waals surface area (Å²) in [7, 11) is -1.48. The van der Waals surface area contributed by atoms with Crippen LogP contribution in [0.2, 0.25) is 0 Å². The lowest BCUT2D eigenvalue weighted by molar-refractivity contribution is 0.0644. The Labute approximate surface area is 169 Å². The zero-order chi connectivity index (χ0) is 21.2. The van der Waals surface area contributed by atoms with E-state index in [4.69, 9.17) is 9.15 Å². The van der Waals surface area contributed by atoms with E-state index in [-0.39, 0.29) is 33.9 Å². The molecule has 2 aromatic heterocycles. The van der Waals surface area contributed by atoms with E-state index in [1.165, 1.54) is 17.2 Å². The number of carbonyl (C=O) groups is 1. The molecule has 1 aliphatic heterocycles. The number of hydrogen-bond acceptors (Lipinski definition) is 8. The summed E-state index contributed by atoms with van der Waals surface area (Å²) in [5, 5.41) is 0.186. The minimum absolute atomic E-state index is 0.0963. The second-order valence-electron chi connectivity index (χ2n) is 7.21. The van der Waals surface area contributed by atoms with Crippen molar-refractivity contribution in [2.24, 2.45) is 0 Å². The monoisotopic (exact) mass is 426 g/mol. The normalized spacial score (nSPS) is 15.9. The van der Waals surface area contributed by atoms with Crippen molar-refractivity contribution in [1.29, 1.82) is 0 Å². The smallest absolute Gasteiger partial charge is 0.265 e. The number of rotatable bonds is 7. The Morgan fingerprint density at radius 3 is 2.55 bits per heavy atom. The fraction of sp³-hybridized carbons (Fsp3) is 0.611. The maximum Gasteiger partial charge on any atom is 0.265 e. The van der Waals surface area contributed by atoms with Gasteiger partial charge in [-0.3, -0.25) is 19.1 Å². The summed E-state index contributed by atoms with van der Waals surface area (Å²) in [4.78, 5) is 33.9. The van der Waals surface area contributed by atoms with Crippen LogP contribution in [-0.2, 0) is 21.1 Å². The highest BCUT2D eigenvalue weighted by Gasteiger charge is 2.29. The van der Waals surface area contributed by atoms with Crippen LogP contribution in [0.3, 0.4) is 0 Å². The molecule has 0 atom stereocenters. The summed E-state index contributed by atoms with van der Waals surface area (Å²) in [6.45, 7) is 4.83. The van der Waals surface area contributed by atoms with Crippen molar-refractivity contribution in [1.82, 2.24) is 19.4 Å². The quantitative estimate of drug-likeness (QED) is 0.595. The Balaban J connectivity index is 1.79. The lowest BCUT2D eigenvalue weighted by Crippen LogP contribution is -2.49. The van der Waals surface area contributed by atoms with Crippen LogP contribution >= 0.6 is 0 Å². The van der Waals surface area contributed by atoms with Crippen molar-refractivity contribution in [2.45, 2.75) is 13.5 Å². The van der Waals surface area contributed by atoms with Gasteiger partial charge in [0.05, 0.1) is 24.5 Å². The molecular weight excluding hydrogens is 400 g/mol. The van der Waals surface area contributed by atoms with Gasteiger partial charge in [-0.05, 0) is 6.92 Å². The van der Waals surface area contributed by atoms with E-state index in [2.05, 4.69) is 4.98 Å². The molecule has 1 fully saturated rings. The third kappa shape index (κ3) is 4.85. The predicted octanol–water partition coefficient (Wildman–Crippen LogP) is -0.253. The molecule has 1 amide bonds. The van der Waals surface area contributed by atoms with Gasteiger partial charge < -0.3 is 14.1 Å². The van der Waals surface area contributed by atoms with Gasteiger partial charge in [-0.15, -0.1) is 0 Å². The molecule has 2 aromatic rings. The average Bonchev–Trinajstić information content (AvgIpc) is 3.02. The van der Waals surface area contributed by atoms with Gasteiger partial charge in [0.1, 0.15) is 27.3 Å². The molecule has 3 heterocycles. The van der Waals surface area contributed by atoms with Gasteiger partial charge in [0.2, 0.25) is 5.71 Å². The first-order valence-corrected chi connectivity index (χ1v) is 11.4. The number of nitrogens with zero attached hydrogens (tertiary/aromatic N) is 4. The molecule has 0 aliphatic carbocycles. The van der Waals surface area contributed by atoms with Crippen molar-refractivity contribution < 1.29 is 22.4 Å². The first kappa shape index (κ1) is 21.5. The number of aryl methyl sites for hydroxylation is 1. The van der Waals surface area contributed by atoms with Crippen molar-refractivity contribution in [2.75, 3.05) is 58.4 Å². The lowest BCUT2D eigenvalue weighted by atomic mass is 10.1. The first-order valence-electron chi connectivity index (χ1n) is 9.38. The average molecular weight is 426 g/mol. The van der Waals surface area contributed by atoms with Gasteiger partial charge in [0.25, 0.3) is 11.5 Å². The highest BCUT2D eigenvalue weighted by atomic mass is 32.2. The molecule has 0 spiro atoms. The van der Waals surface area contributed by atoms with E-state index in [0.29, 0.717) is 51.6 Å². The molecule has 1 aliphatic rings. The fourth-order valence-electron chi connectivity index (χ4n) is 3.37. The van der Waals surface area contributed by atoms with Gasteiger partial charge >= 0.3 is 0 Å². The molecule has 10 nitrogen and oxygen atoms in total. The van der Waals surface area contributed by atoms with E-state index in [9.17, 15) is 18.0 Å². The van der Waals surface area contributed by atoms with Crippen molar-refractivity contribution in [3.8, 4) is 0 Å². The molecule has 3 rings (SSSR count). The lowest BCUT2D eigenvalue weighted by Gasteiger charge is -2.34. The predicted molar refractivity (Wildman–Crippen MR) is 107 cm³/mol. The van der Waals surface area contributed by atoms with Gasteiger partial charge in [-0.2, -0.15) is 0 Å². The largest absolute Gasteiger partial charge is 0.442 e. The Kier molecular flexibility index (Phi) is 6.39. The number of methoxy groups -OCH3 is 1. The second kappa shape index (κ2) is 8.64. The Morgan fingerprint density at radius 2 is 1.93 bits per heavy atom. The molecule has 0 saturated carbocycles. The van der Waals surface area contributed by atoms with Crippen LogP contribution in [0.5, 0.6) is 0 Å². The van der Waals surface area contributed by atoms with Crippen LogP contribution in [-0.4, -0.2) is 92.1 Å². The summed E-state index contributed by atoms with van der Waals surface area (Å²) >= 11 is 0. The standard InChI is InChI=1S/C18H26N4O6S/c1-13-14(15-16(28-13)19-12-22(18(15)24)8-10-27-2)17(23)21-6-4-20(5-7-21)9-11-29(3,25)26/h12H,4-11H2,1-3H3. The maximum absolute atomic E-state index is 13.1. The Hall–Kier alpha value is -2.24.